The molecule has 0 aromatic heterocycles. The lowest BCUT2D eigenvalue weighted by molar-refractivity contribution is -0.145. The number of rotatable bonds is 1. The fourth-order valence-electron chi connectivity index (χ4n) is 2.09. The lowest BCUT2D eigenvalue weighted by Gasteiger charge is -2.34. The summed E-state index contributed by atoms with van der Waals surface area (Å²) in [6, 6.07) is 0. The van der Waals surface area contributed by atoms with Crippen molar-refractivity contribution in [3.63, 3.8) is 0 Å². The highest BCUT2D eigenvalue weighted by Gasteiger charge is 2.38. The molecule has 3 nitrogen and oxygen atoms in total. The highest BCUT2D eigenvalue weighted by atomic mass is 16.4. The van der Waals surface area contributed by atoms with Crippen molar-refractivity contribution in [3.05, 3.63) is 0 Å². The molecule has 1 aliphatic carbocycles. The Balaban J connectivity index is 2.74. The van der Waals surface area contributed by atoms with E-state index in [0.29, 0.717) is 19.3 Å². The van der Waals surface area contributed by atoms with Gasteiger partial charge in [0.05, 0.1) is 5.92 Å². The third kappa shape index (κ3) is 2.34. The van der Waals surface area contributed by atoms with Crippen LogP contribution >= 0.6 is 0 Å². The molecule has 0 aromatic rings. The standard InChI is InChI=1S/C11H18O3/c1-11(2,3)8-6-7(10(13)14)4-5-9(8)12/h7-8H,4-6H2,1-3H3,(H,13,14)/t7-,8-/m1/s1. The predicted octanol–water partition coefficient (Wildman–Crippen LogP) is 2.10. The maximum Gasteiger partial charge on any atom is 0.306 e. The van der Waals surface area contributed by atoms with Crippen LogP contribution in [0.15, 0.2) is 0 Å². The number of ketones is 1. The molecule has 3 heteroatoms. The number of carboxylic acid groups (broad SMARTS) is 1. The molecule has 1 aliphatic rings. The lowest BCUT2D eigenvalue weighted by atomic mass is 9.68. The quantitative estimate of drug-likeness (QED) is 0.702. The molecule has 1 rings (SSSR count). The van der Waals surface area contributed by atoms with Crippen molar-refractivity contribution in [1.29, 1.82) is 0 Å². The minimum atomic E-state index is -0.758. The SMILES string of the molecule is CC(C)(C)[C@@H]1C[C@H](C(=O)O)CCC1=O. The molecule has 0 radical (unpaired) electrons. The van der Waals surface area contributed by atoms with Crippen LogP contribution in [0, 0.1) is 17.3 Å². The van der Waals surface area contributed by atoms with E-state index < -0.39 is 5.97 Å². The van der Waals surface area contributed by atoms with E-state index in [-0.39, 0.29) is 23.0 Å². The number of aliphatic carboxylic acids is 1. The first-order valence-corrected chi connectivity index (χ1v) is 5.08. The average molecular weight is 198 g/mol. The minimum absolute atomic E-state index is 0.0858. The Morgan fingerprint density at radius 3 is 2.43 bits per heavy atom. The third-order valence-corrected chi connectivity index (χ3v) is 3.04. The van der Waals surface area contributed by atoms with E-state index in [1.165, 1.54) is 0 Å². The second-order valence-corrected chi connectivity index (χ2v) is 5.19. The highest BCUT2D eigenvalue weighted by Crippen LogP contribution is 2.38. The van der Waals surface area contributed by atoms with Gasteiger partial charge in [-0.15, -0.1) is 0 Å². The zero-order chi connectivity index (χ0) is 10.9. The minimum Gasteiger partial charge on any atom is -0.481 e. The molecule has 0 aliphatic heterocycles. The molecular weight excluding hydrogens is 180 g/mol. The Kier molecular flexibility index (Phi) is 2.98. The Labute approximate surface area is 84.5 Å². The van der Waals surface area contributed by atoms with Gasteiger partial charge in [0.2, 0.25) is 0 Å². The molecule has 0 aromatic carbocycles. The van der Waals surface area contributed by atoms with Gasteiger partial charge in [0, 0.05) is 12.3 Å². The smallest absolute Gasteiger partial charge is 0.306 e. The van der Waals surface area contributed by atoms with Crippen LogP contribution in [0.5, 0.6) is 0 Å². The number of hydrogen-bond donors (Lipinski definition) is 1. The Morgan fingerprint density at radius 2 is 2.00 bits per heavy atom. The van der Waals surface area contributed by atoms with Crippen LogP contribution in [0.1, 0.15) is 40.0 Å². The van der Waals surface area contributed by atoms with Gasteiger partial charge in [-0.1, -0.05) is 20.8 Å². The summed E-state index contributed by atoms with van der Waals surface area (Å²) in [5.74, 6) is -0.934. The van der Waals surface area contributed by atoms with E-state index >= 15 is 0 Å². The molecule has 1 saturated carbocycles. The molecule has 2 atom stereocenters. The maximum atomic E-state index is 11.6. The van der Waals surface area contributed by atoms with E-state index in [2.05, 4.69) is 0 Å². The van der Waals surface area contributed by atoms with Crippen molar-refractivity contribution in [2.24, 2.45) is 17.3 Å². The monoisotopic (exact) mass is 198 g/mol. The van der Waals surface area contributed by atoms with Gasteiger partial charge in [-0.25, -0.2) is 0 Å². The lowest BCUT2D eigenvalue weighted by Crippen LogP contribution is -2.36. The molecule has 0 heterocycles. The van der Waals surface area contributed by atoms with Crippen LogP contribution < -0.4 is 0 Å². The van der Waals surface area contributed by atoms with Gasteiger partial charge in [-0.05, 0) is 18.3 Å². The van der Waals surface area contributed by atoms with E-state index in [9.17, 15) is 9.59 Å². The number of carbonyl (C=O) groups is 2. The second-order valence-electron chi connectivity index (χ2n) is 5.19. The molecule has 1 fully saturated rings. The van der Waals surface area contributed by atoms with Crippen molar-refractivity contribution >= 4 is 11.8 Å². The summed E-state index contributed by atoms with van der Waals surface area (Å²) in [7, 11) is 0. The number of carboxylic acids is 1. The largest absolute Gasteiger partial charge is 0.481 e. The van der Waals surface area contributed by atoms with Crippen molar-refractivity contribution in [1.82, 2.24) is 0 Å². The van der Waals surface area contributed by atoms with Gasteiger partial charge in [0.1, 0.15) is 5.78 Å². The number of hydrogen-bond acceptors (Lipinski definition) is 2. The fraction of sp³-hybridized carbons (Fsp3) is 0.818. The molecule has 0 amide bonds. The van der Waals surface area contributed by atoms with Crippen molar-refractivity contribution in [2.45, 2.75) is 40.0 Å². The predicted molar refractivity (Wildman–Crippen MR) is 52.9 cm³/mol. The van der Waals surface area contributed by atoms with E-state index in [1.54, 1.807) is 0 Å². The molecule has 80 valence electrons. The summed E-state index contributed by atoms with van der Waals surface area (Å²) in [6.07, 6.45) is 1.46. The topological polar surface area (TPSA) is 54.4 Å². The van der Waals surface area contributed by atoms with E-state index in [4.69, 9.17) is 5.11 Å². The number of carbonyl (C=O) groups excluding carboxylic acids is 1. The molecule has 0 saturated heterocycles. The Bertz CT molecular complexity index is 250. The first-order chi connectivity index (χ1) is 6.32. The maximum absolute atomic E-state index is 11.6. The zero-order valence-electron chi connectivity index (χ0n) is 9.04. The summed E-state index contributed by atoms with van der Waals surface area (Å²) >= 11 is 0. The first kappa shape index (κ1) is 11.2. The summed E-state index contributed by atoms with van der Waals surface area (Å²) in [5.41, 5.74) is -0.106. The van der Waals surface area contributed by atoms with Gasteiger partial charge in [-0.2, -0.15) is 0 Å². The normalized spacial score (nSPS) is 28.9. The van der Waals surface area contributed by atoms with Gasteiger partial charge in [0.25, 0.3) is 0 Å². The van der Waals surface area contributed by atoms with Gasteiger partial charge in [-0.3, -0.25) is 9.59 Å². The highest BCUT2D eigenvalue weighted by molar-refractivity contribution is 5.84. The fourth-order valence-corrected chi connectivity index (χ4v) is 2.09. The van der Waals surface area contributed by atoms with Crippen LogP contribution in [0.4, 0.5) is 0 Å². The molecule has 14 heavy (non-hydrogen) atoms. The van der Waals surface area contributed by atoms with Crippen LogP contribution in [0.2, 0.25) is 0 Å². The van der Waals surface area contributed by atoms with Crippen molar-refractivity contribution < 1.29 is 14.7 Å². The molecular formula is C11H18O3. The average Bonchev–Trinajstić information content (AvgIpc) is 2.02. The van der Waals surface area contributed by atoms with Gasteiger partial charge in [0.15, 0.2) is 0 Å². The van der Waals surface area contributed by atoms with Crippen LogP contribution in [0.3, 0.4) is 0 Å². The molecule has 1 N–H and O–H groups in total. The Hall–Kier alpha value is -0.860. The van der Waals surface area contributed by atoms with E-state index in [0.717, 1.165) is 0 Å². The molecule has 0 unspecified atom stereocenters. The summed E-state index contributed by atoms with van der Waals surface area (Å²) in [5, 5.41) is 8.90. The third-order valence-electron chi connectivity index (χ3n) is 3.04. The van der Waals surface area contributed by atoms with Crippen molar-refractivity contribution in [3.8, 4) is 0 Å². The Morgan fingerprint density at radius 1 is 1.43 bits per heavy atom. The van der Waals surface area contributed by atoms with Crippen LogP contribution in [-0.2, 0) is 9.59 Å². The molecule has 0 spiro atoms. The van der Waals surface area contributed by atoms with Crippen LogP contribution in [-0.4, -0.2) is 16.9 Å². The van der Waals surface area contributed by atoms with E-state index in [1.807, 2.05) is 20.8 Å². The number of Topliss-reactive ketones (excluding diaryl/α,β-unsaturated/α-hetero) is 1. The van der Waals surface area contributed by atoms with Crippen molar-refractivity contribution in [2.75, 3.05) is 0 Å². The molecule has 0 bridgehead atoms. The first-order valence-electron chi connectivity index (χ1n) is 5.08. The second kappa shape index (κ2) is 3.71. The van der Waals surface area contributed by atoms with Gasteiger partial charge >= 0.3 is 5.97 Å². The summed E-state index contributed by atoms with van der Waals surface area (Å²) in [6.45, 7) is 6.00. The van der Waals surface area contributed by atoms with Crippen LogP contribution in [0.25, 0.3) is 0 Å². The summed E-state index contributed by atoms with van der Waals surface area (Å²) < 4.78 is 0. The van der Waals surface area contributed by atoms with Gasteiger partial charge < -0.3 is 5.11 Å². The zero-order valence-corrected chi connectivity index (χ0v) is 9.04. The summed E-state index contributed by atoms with van der Waals surface area (Å²) in [4.78, 5) is 22.4.